The van der Waals surface area contributed by atoms with Gasteiger partial charge in [0.05, 0.1) is 0 Å². The molecular formula is C45H62N2. The van der Waals surface area contributed by atoms with Crippen LogP contribution in [0, 0.1) is 13.8 Å². The Balaban J connectivity index is 1.61. The van der Waals surface area contributed by atoms with E-state index >= 15 is 0 Å². The molecule has 0 fully saturated rings. The van der Waals surface area contributed by atoms with Crippen LogP contribution < -0.4 is 11.5 Å². The van der Waals surface area contributed by atoms with Crippen LogP contribution in [0.25, 0.3) is 0 Å². The number of rotatable bonds is 19. The Morgan fingerprint density at radius 1 is 0.404 bits per heavy atom. The predicted octanol–water partition coefficient (Wildman–Crippen LogP) is 13.0. The Labute approximate surface area is 287 Å². The van der Waals surface area contributed by atoms with Crippen LogP contribution in [0.4, 0.5) is 11.4 Å². The van der Waals surface area contributed by atoms with Crippen LogP contribution in [-0.4, -0.2) is 0 Å². The second-order valence-corrected chi connectivity index (χ2v) is 14.1. The maximum absolute atomic E-state index is 6.15. The summed E-state index contributed by atoms with van der Waals surface area (Å²) in [5.41, 5.74) is 25.1. The molecule has 4 rings (SSSR count). The van der Waals surface area contributed by atoms with Crippen molar-refractivity contribution in [3.05, 3.63) is 129 Å². The van der Waals surface area contributed by atoms with Crippen molar-refractivity contribution in [2.75, 3.05) is 11.5 Å². The summed E-state index contributed by atoms with van der Waals surface area (Å²) in [4.78, 5) is 0. The highest BCUT2D eigenvalue weighted by molar-refractivity contribution is 5.50. The van der Waals surface area contributed by atoms with Gasteiger partial charge in [-0.2, -0.15) is 0 Å². The van der Waals surface area contributed by atoms with Gasteiger partial charge in [0.2, 0.25) is 0 Å². The van der Waals surface area contributed by atoms with Crippen molar-refractivity contribution in [3.63, 3.8) is 0 Å². The van der Waals surface area contributed by atoms with Gasteiger partial charge >= 0.3 is 0 Å². The van der Waals surface area contributed by atoms with Gasteiger partial charge in [-0.1, -0.05) is 146 Å². The van der Waals surface area contributed by atoms with Crippen LogP contribution in [0.2, 0.25) is 0 Å². The third kappa shape index (κ3) is 10.2. The number of unbranched alkanes of at least 4 members (excludes halogenated alkanes) is 7. The molecule has 0 spiro atoms. The molecule has 0 aliphatic carbocycles. The number of aryl methyl sites for hydroxylation is 2. The maximum atomic E-state index is 6.15. The molecule has 2 atom stereocenters. The molecule has 4 aromatic carbocycles. The molecule has 4 aromatic rings. The normalized spacial score (nSPS) is 13.4. The van der Waals surface area contributed by atoms with Crippen molar-refractivity contribution in [3.8, 4) is 0 Å². The Kier molecular flexibility index (Phi) is 14.5. The van der Waals surface area contributed by atoms with Crippen LogP contribution in [0.5, 0.6) is 0 Å². The van der Waals surface area contributed by atoms with E-state index in [1.165, 1.54) is 128 Å². The SMILES string of the molecule is CCCCCCC(c1ccc(C(CCCC)c2ccc(C(CCCCCC)c3ccc(N)cc3C)cc2)cc1)c1ccc(N)cc1C. The number of nitrogens with two attached hydrogens (primary N) is 2. The molecule has 0 bridgehead atoms. The Hall–Kier alpha value is -3.52. The second kappa shape index (κ2) is 18.7. The average Bonchev–Trinajstić information content (AvgIpc) is 3.07. The maximum Gasteiger partial charge on any atom is 0.0316 e. The highest BCUT2D eigenvalue weighted by Crippen LogP contribution is 2.38. The van der Waals surface area contributed by atoms with Gasteiger partial charge in [0, 0.05) is 29.1 Å². The van der Waals surface area contributed by atoms with E-state index in [9.17, 15) is 0 Å². The van der Waals surface area contributed by atoms with E-state index in [-0.39, 0.29) is 0 Å². The molecule has 2 nitrogen and oxygen atoms in total. The lowest BCUT2D eigenvalue weighted by atomic mass is 9.81. The lowest BCUT2D eigenvalue weighted by Gasteiger charge is -2.24. The Morgan fingerprint density at radius 3 is 1.09 bits per heavy atom. The third-order valence-corrected chi connectivity index (χ3v) is 10.4. The minimum Gasteiger partial charge on any atom is -0.399 e. The Bertz CT molecular complexity index is 1370. The summed E-state index contributed by atoms with van der Waals surface area (Å²) < 4.78 is 0. The highest BCUT2D eigenvalue weighted by Gasteiger charge is 2.21. The van der Waals surface area contributed by atoms with Crippen LogP contribution in [0.3, 0.4) is 0 Å². The fraction of sp³-hybridized carbons (Fsp3) is 0.467. The van der Waals surface area contributed by atoms with E-state index in [4.69, 9.17) is 11.5 Å². The van der Waals surface area contributed by atoms with E-state index in [0.29, 0.717) is 17.8 Å². The standard InChI is InChI=1S/C45H62N2/c1-6-9-12-14-17-44(41-29-27-39(46)31-33(41)4)37-23-19-35(20-24-37)43(16-11-8-3)36-21-25-38(26-22-36)45(18-15-13-10-7-2)42-30-28-40(47)32-34(42)5/h19-32,43-45H,6-18,46-47H2,1-5H3. The van der Waals surface area contributed by atoms with Gasteiger partial charge < -0.3 is 11.5 Å². The van der Waals surface area contributed by atoms with Gasteiger partial charge in [-0.05, 0) is 102 Å². The van der Waals surface area contributed by atoms with Gasteiger partial charge in [0.25, 0.3) is 0 Å². The summed E-state index contributed by atoms with van der Waals surface area (Å²) in [7, 11) is 0. The summed E-state index contributed by atoms with van der Waals surface area (Å²) in [5, 5.41) is 0. The van der Waals surface area contributed by atoms with E-state index in [2.05, 4.69) is 120 Å². The molecule has 252 valence electrons. The van der Waals surface area contributed by atoms with Crippen LogP contribution in [-0.2, 0) is 0 Å². The van der Waals surface area contributed by atoms with Crippen molar-refractivity contribution in [2.45, 2.75) is 136 Å². The fourth-order valence-electron chi connectivity index (χ4n) is 7.59. The molecule has 2 unspecified atom stereocenters. The average molecular weight is 631 g/mol. The minimum absolute atomic E-state index is 0.403. The fourth-order valence-corrected chi connectivity index (χ4v) is 7.59. The molecule has 4 N–H and O–H groups in total. The first-order valence-corrected chi connectivity index (χ1v) is 18.8. The Morgan fingerprint density at radius 2 is 0.745 bits per heavy atom. The number of benzene rings is 4. The van der Waals surface area contributed by atoms with Gasteiger partial charge in [0.15, 0.2) is 0 Å². The van der Waals surface area contributed by atoms with Crippen molar-refractivity contribution in [2.24, 2.45) is 0 Å². The monoisotopic (exact) mass is 630 g/mol. The van der Waals surface area contributed by atoms with E-state index in [1.54, 1.807) is 0 Å². The highest BCUT2D eigenvalue weighted by atomic mass is 14.5. The first kappa shape index (κ1) is 36.3. The van der Waals surface area contributed by atoms with E-state index in [0.717, 1.165) is 11.4 Å². The number of nitrogen functional groups attached to an aromatic ring is 2. The topological polar surface area (TPSA) is 52.0 Å². The second-order valence-electron chi connectivity index (χ2n) is 14.1. The zero-order valence-corrected chi connectivity index (χ0v) is 30.2. The molecular weight excluding hydrogens is 569 g/mol. The molecule has 0 amide bonds. The molecule has 2 heteroatoms. The van der Waals surface area contributed by atoms with Crippen molar-refractivity contribution in [1.82, 2.24) is 0 Å². The zero-order valence-electron chi connectivity index (χ0n) is 30.2. The largest absolute Gasteiger partial charge is 0.399 e. The predicted molar refractivity (Wildman–Crippen MR) is 207 cm³/mol. The summed E-state index contributed by atoms with van der Waals surface area (Å²) in [6, 6.07) is 32.3. The summed E-state index contributed by atoms with van der Waals surface area (Å²) >= 11 is 0. The lowest BCUT2D eigenvalue weighted by Crippen LogP contribution is -2.07. The van der Waals surface area contributed by atoms with Crippen molar-refractivity contribution >= 4 is 11.4 Å². The lowest BCUT2D eigenvalue weighted by molar-refractivity contribution is 0.594. The molecule has 0 saturated carbocycles. The van der Waals surface area contributed by atoms with Gasteiger partial charge in [-0.15, -0.1) is 0 Å². The summed E-state index contributed by atoms with van der Waals surface area (Å²) in [6.07, 6.45) is 16.2. The quantitative estimate of drug-likeness (QED) is 0.0800. The van der Waals surface area contributed by atoms with Crippen molar-refractivity contribution < 1.29 is 0 Å². The first-order chi connectivity index (χ1) is 22.9. The van der Waals surface area contributed by atoms with Crippen molar-refractivity contribution in [1.29, 1.82) is 0 Å². The molecule has 0 aliphatic heterocycles. The smallest absolute Gasteiger partial charge is 0.0316 e. The summed E-state index contributed by atoms with van der Waals surface area (Å²) in [6.45, 7) is 11.3. The first-order valence-electron chi connectivity index (χ1n) is 18.8. The molecule has 0 aromatic heterocycles. The molecule has 0 radical (unpaired) electrons. The molecule has 0 heterocycles. The third-order valence-electron chi connectivity index (χ3n) is 10.4. The number of anilines is 2. The van der Waals surface area contributed by atoms with E-state index < -0.39 is 0 Å². The van der Waals surface area contributed by atoms with Gasteiger partial charge in [-0.3, -0.25) is 0 Å². The molecule has 47 heavy (non-hydrogen) atoms. The van der Waals surface area contributed by atoms with Crippen LogP contribution >= 0.6 is 0 Å². The van der Waals surface area contributed by atoms with Gasteiger partial charge in [-0.25, -0.2) is 0 Å². The minimum atomic E-state index is 0.403. The number of hydrogen-bond donors (Lipinski definition) is 2. The molecule has 0 saturated heterocycles. The zero-order chi connectivity index (χ0) is 33.6. The van der Waals surface area contributed by atoms with Crippen LogP contribution in [0.15, 0.2) is 84.9 Å². The van der Waals surface area contributed by atoms with Gasteiger partial charge in [0.1, 0.15) is 0 Å². The van der Waals surface area contributed by atoms with E-state index in [1.807, 2.05) is 0 Å². The molecule has 0 aliphatic rings. The van der Waals surface area contributed by atoms with Crippen LogP contribution in [0.1, 0.15) is 167 Å². The summed E-state index contributed by atoms with van der Waals surface area (Å²) in [5.74, 6) is 1.21. The number of hydrogen-bond acceptors (Lipinski definition) is 2.